The van der Waals surface area contributed by atoms with Gasteiger partial charge in [-0.2, -0.15) is 0 Å². The molecule has 1 aromatic heterocycles. The highest BCUT2D eigenvalue weighted by Crippen LogP contribution is 2.26. The van der Waals surface area contributed by atoms with Crippen molar-refractivity contribution in [3.8, 4) is 5.75 Å². The van der Waals surface area contributed by atoms with Gasteiger partial charge in [0, 0.05) is 23.0 Å². The van der Waals surface area contributed by atoms with Crippen molar-refractivity contribution < 1.29 is 4.74 Å². The van der Waals surface area contributed by atoms with Gasteiger partial charge in [-0.3, -0.25) is 0 Å². The predicted molar refractivity (Wildman–Crippen MR) is 82.2 cm³/mol. The Morgan fingerprint density at radius 3 is 2.84 bits per heavy atom. The number of rotatable bonds is 6. The van der Waals surface area contributed by atoms with Crippen LogP contribution in [0.4, 0.5) is 0 Å². The normalized spacial score (nSPS) is 12.4. The topological polar surface area (TPSA) is 21.3 Å². The molecule has 2 rings (SSSR count). The van der Waals surface area contributed by atoms with Crippen molar-refractivity contribution in [2.45, 2.75) is 26.3 Å². The first-order valence-electron chi connectivity index (χ1n) is 6.61. The Morgan fingerprint density at radius 1 is 1.32 bits per heavy atom. The van der Waals surface area contributed by atoms with Crippen molar-refractivity contribution in [3.05, 3.63) is 51.7 Å². The van der Waals surface area contributed by atoms with E-state index in [1.165, 1.54) is 16.0 Å². The van der Waals surface area contributed by atoms with Crippen LogP contribution in [0.25, 0.3) is 0 Å². The molecule has 0 bridgehead atoms. The van der Waals surface area contributed by atoms with Gasteiger partial charge < -0.3 is 10.1 Å². The van der Waals surface area contributed by atoms with Crippen molar-refractivity contribution >= 4 is 11.3 Å². The van der Waals surface area contributed by atoms with Gasteiger partial charge in [0.1, 0.15) is 5.75 Å². The average molecular weight is 275 g/mol. The zero-order valence-corrected chi connectivity index (χ0v) is 12.6. The molecule has 1 N–H and O–H groups in total. The van der Waals surface area contributed by atoms with Gasteiger partial charge in [-0.25, -0.2) is 0 Å². The summed E-state index contributed by atoms with van der Waals surface area (Å²) in [5, 5.41) is 5.68. The van der Waals surface area contributed by atoms with E-state index in [2.05, 4.69) is 54.9 Å². The third kappa shape index (κ3) is 3.82. The van der Waals surface area contributed by atoms with E-state index >= 15 is 0 Å². The Bertz CT molecular complexity index is 507. The molecule has 0 radical (unpaired) electrons. The molecule has 0 fully saturated rings. The Kier molecular flexibility index (Phi) is 5.00. The molecular weight excluding hydrogens is 254 g/mol. The summed E-state index contributed by atoms with van der Waals surface area (Å²) >= 11 is 1.82. The van der Waals surface area contributed by atoms with Crippen molar-refractivity contribution in [3.63, 3.8) is 0 Å². The molecule has 19 heavy (non-hydrogen) atoms. The molecule has 0 spiro atoms. The third-order valence-electron chi connectivity index (χ3n) is 3.26. The van der Waals surface area contributed by atoms with E-state index in [1.807, 2.05) is 11.3 Å². The van der Waals surface area contributed by atoms with Crippen LogP contribution < -0.4 is 10.1 Å². The van der Waals surface area contributed by atoms with Gasteiger partial charge in [0.2, 0.25) is 0 Å². The summed E-state index contributed by atoms with van der Waals surface area (Å²) in [4.78, 5) is 1.43. The Morgan fingerprint density at radius 2 is 2.16 bits per heavy atom. The quantitative estimate of drug-likeness (QED) is 0.861. The third-order valence-corrected chi connectivity index (χ3v) is 4.19. The van der Waals surface area contributed by atoms with Crippen LogP contribution >= 0.6 is 11.3 Å². The number of thiophene rings is 1. The molecule has 3 heteroatoms. The minimum Gasteiger partial charge on any atom is -0.496 e. The summed E-state index contributed by atoms with van der Waals surface area (Å²) in [7, 11) is 1.73. The first-order valence-corrected chi connectivity index (χ1v) is 7.49. The highest BCUT2D eigenvalue weighted by Gasteiger charge is 2.10. The molecule has 0 aliphatic rings. The first kappa shape index (κ1) is 14.1. The summed E-state index contributed by atoms with van der Waals surface area (Å²) in [6.45, 7) is 5.25. The lowest BCUT2D eigenvalue weighted by Crippen LogP contribution is -2.21. The maximum Gasteiger partial charge on any atom is 0.123 e. The van der Waals surface area contributed by atoms with E-state index in [9.17, 15) is 0 Å². The Hall–Kier alpha value is -1.32. The summed E-state index contributed by atoms with van der Waals surface area (Å²) in [6.07, 6.45) is 1.08. The zero-order chi connectivity index (χ0) is 13.7. The van der Waals surface area contributed by atoms with Gasteiger partial charge in [-0.05, 0) is 43.3 Å². The van der Waals surface area contributed by atoms with Crippen LogP contribution in [0.15, 0.2) is 35.7 Å². The van der Waals surface area contributed by atoms with Crippen LogP contribution in [-0.4, -0.2) is 13.7 Å². The second-order valence-electron chi connectivity index (χ2n) is 4.75. The van der Waals surface area contributed by atoms with Crippen LogP contribution in [0, 0.1) is 6.92 Å². The number of hydrogen-bond donors (Lipinski definition) is 1. The maximum atomic E-state index is 5.46. The van der Waals surface area contributed by atoms with Crippen LogP contribution in [0.2, 0.25) is 0 Å². The van der Waals surface area contributed by atoms with E-state index in [0.717, 1.165) is 18.7 Å². The highest BCUT2D eigenvalue weighted by molar-refractivity contribution is 7.09. The van der Waals surface area contributed by atoms with Crippen molar-refractivity contribution in [2.75, 3.05) is 13.7 Å². The van der Waals surface area contributed by atoms with Gasteiger partial charge in [0.15, 0.2) is 0 Å². The molecule has 0 saturated carbocycles. The monoisotopic (exact) mass is 275 g/mol. The highest BCUT2D eigenvalue weighted by atomic mass is 32.1. The van der Waals surface area contributed by atoms with Crippen molar-refractivity contribution in [1.82, 2.24) is 5.32 Å². The second kappa shape index (κ2) is 6.73. The summed E-state index contributed by atoms with van der Waals surface area (Å²) in [5.41, 5.74) is 2.45. The SMILES string of the molecule is COc1cc(C)ccc1C(C)NCCc1cccs1. The lowest BCUT2D eigenvalue weighted by Gasteiger charge is -2.17. The molecule has 1 atom stereocenters. The summed E-state index contributed by atoms with van der Waals surface area (Å²) in [6, 6.07) is 11.0. The Labute approximate surface area is 119 Å². The molecule has 0 aliphatic heterocycles. The molecule has 2 aromatic rings. The second-order valence-corrected chi connectivity index (χ2v) is 5.78. The van der Waals surface area contributed by atoms with Crippen molar-refractivity contribution in [2.24, 2.45) is 0 Å². The summed E-state index contributed by atoms with van der Waals surface area (Å²) < 4.78 is 5.46. The number of hydrogen-bond acceptors (Lipinski definition) is 3. The lowest BCUT2D eigenvalue weighted by molar-refractivity contribution is 0.401. The predicted octanol–water partition coefficient (Wildman–Crippen LogP) is 3.96. The molecule has 102 valence electrons. The van der Waals surface area contributed by atoms with Crippen LogP contribution in [-0.2, 0) is 6.42 Å². The van der Waals surface area contributed by atoms with Gasteiger partial charge >= 0.3 is 0 Å². The number of nitrogens with one attached hydrogen (secondary N) is 1. The van der Waals surface area contributed by atoms with E-state index in [4.69, 9.17) is 4.74 Å². The van der Waals surface area contributed by atoms with Crippen LogP contribution in [0.1, 0.15) is 29.0 Å². The fraction of sp³-hybridized carbons (Fsp3) is 0.375. The molecule has 1 aromatic carbocycles. The smallest absolute Gasteiger partial charge is 0.123 e. The van der Waals surface area contributed by atoms with Gasteiger partial charge in [0.25, 0.3) is 0 Å². The average Bonchev–Trinajstić information content (AvgIpc) is 2.91. The molecule has 0 saturated heterocycles. The fourth-order valence-electron chi connectivity index (χ4n) is 2.15. The van der Waals surface area contributed by atoms with Gasteiger partial charge in [0.05, 0.1) is 7.11 Å². The molecule has 1 heterocycles. The van der Waals surface area contributed by atoms with E-state index in [1.54, 1.807) is 7.11 Å². The number of methoxy groups -OCH3 is 1. The van der Waals surface area contributed by atoms with E-state index in [0.29, 0.717) is 6.04 Å². The number of aryl methyl sites for hydroxylation is 1. The van der Waals surface area contributed by atoms with Gasteiger partial charge in [-0.1, -0.05) is 18.2 Å². The van der Waals surface area contributed by atoms with Gasteiger partial charge in [-0.15, -0.1) is 11.3 Å². The zero-order valence-electron chi connectivity index (χ0n) is 11.8. The van der Waals surface area contributed by atoms with Crippen LogP contribution in [0.5, 0.6) is 5.75 Å². The van der Waals surface area contributed by atoms with Crippen LogP contribution in [0.3, 0.4) is 0 Å². The maximum absolute atomic E-state index is 5.46. The minimum atomic E-state index is 0.301. The van der Waals surface area contributed by atoms with E-state index in [-0.39, 0.29) is 0 Å². The van der Waals surface area contributed by atoms with Crippen molar-refractivity contribution in [1.29, 1.82) is 0 Å². The molecule has 0 aliphatic carbocycles. The van der Waals surface area contributed by atoms with E-state index < -0.39 is 0 Å². The Balaban J connectivity index is 1.94. The number of benzene rings is 1. The largest absolute Gasteiger partial charge is 0.496 e. The molecule has 1 unspecified atom stereocenters. The standard InChI is InChI=1S/C16H21NOS/c1-12-6-7-15(16(11-12)18-3)13(2)17-9-8-14-5-4-10-19-14/h4-7,10-11,13,17H,8-9H2,1-3H3. The fourth-order valence-corrected chi connectivity index (χ4v) is 2.86. The molecule has 0 amide bonds. The summed E-state index contributed by atoms with van der Waals surface area (Å²) in [5.74, 6) is 0.969. The molecular formula is C16H21NOS. The molecule has 2 nitrogen and oxygen atoms in total. The minimum absolute atomic E-state index is 0.301. The lowest BCUT2D eigenvalue weighted by atomic mass is 10.0. The number of ether oxygens (including phenoxy) is 1. The first-order chi connectivity index (χ1) is 9.20.